The van der Waals surface area contributed by atoms with Gasteiger partial charge in [0.25, 0.3) is 0 Å². The van der Waals surface area contributed by atoms with Crippen LogP contribution in [0.4, 0.5) is 0 Å². The second-order valence-corrected chi connectivity index (χ2v) is 10.8. The zero-order chi connectivity index (χ0) is 19.4. The van der Waals surface area contributed by atoms with Crippen LogP contribution in [0.2, 0.25) is 0 Å². The first kappa shape index (κ1) is 17.3. The fourth-order valence-electron chi connectivity index (χ4n) is 9.37. The number of thiol groups is 1. The van der Waals surface area contributed by atoms with Gasteiger partial charge in [0.2, 0.25) is 0 Å². The number of hydrogen-bond acceptors (Lipinski definition) is 3. The summed E-state index contributed by atoms with van der Waals surface area (Å²) in [6.07, 6.45) is 5.82. The Morgan fingerprint density at radius 3 is 2.03 bits per heavy atom. The summed E-state index contributed by atoms with van der Waals surface area (Å²) in [4.78, 5) is 0. The summed E-state index contributed by atoms with van der Waals surface area (Å²) >= 11 is 4.76. The van der Waals surface area contributed by atoms with Gasteiger partial charge in [0.15, 0.2) is 0 Å². The predicted molar refractivity (Wildman–Crippen MR) is 119 cm³/mol. The molecule has 8 rings (SSSR count). The minimum atomic E-state index is 0.699. The second kappa shape index (κ2) is 5.87. The minimum absolute atomic E-state index is 0.699. The zero-order valence-electron chi connectivity index (χ0n) is 17.3. The van der Waals surface area contributed by atoms with E-state index in [2.05, 4.69) is 24.3 Å². The van der Waals surface area contributed by atoms with Crippen molar-refractivity contribution in [2.45, 2.75) is 37.5 Å². The van der Waals surface area contributed by atoms with Crippen LogP contribution in [0.1, 0.15) is 48.6 Å². The van der Waals surface area contributed by atoms with Gasteiger partial charge in [-0.1, -0.05) is 24.3 Å². The quantitative estimate of drug-likeness (QED) is 0.640. The third-order valence-electron chi connectivity index (χ3n) is 9.91. The molecule has 5 saturated carbocycles. The molecule has 0 radical (unpaired) electrons. The molecule has 0 saturated heterocycles. The van der Waals surface area contributed by atoms with E-state index in [1.165, 1.54) is 47.6 Å². The highest BCUT2D eigenvalue weighted by molar-refractivity contribution is 7.80. The maximum Gasteiger partial charge on any atom is 0.130 e. The van der Waals surface area contributed by atoms with Gasteiger partial charge in [0, 0.05) is 21.9 Å². The van der Waals surface area contributed by atoms with E-state index in [0.717, 1.165) is 58.7 Å². The SMILES string of the molecule is COc1c2c(c(OC)c3ccccc13)C1C3CC(C21)C1C2CCC(C31)[C@H](CS)C2. The number of methoxy groups -OCH3 is 2. The highest BCUT2D eigenvalue weighted by Crippen LogP contribution is 2.79. The van der Waals surface area contributed by atoms with Crippen molar-refractivity contribution in [3.8, 4) is 11.5 Å². The van der Waals surface area contributed by atoms with Gasteiger partial charge in [0.05, 0.1) is 14.2 Å². The number of fused-ring (bicyclic) bond motifs is 11. The molecule has 8 unspecified atom stereocenters. The Hall–Kier alpha value is -1.35. The summed E-state index contributed by atoms with van der Waals surface area (Å²) in [5, 5.41) is 2.45. The maximum atomic E-state index is 6.08. The van der Waals surface area contributed by atoms with Crippen molar-refractivity contribution >= 4 is 23.4 Å². The van der Waals surface area contributed by atoms with Gasteiger partial charge in [0.1, 0.15) is 11.5 Å². The lowest BCUT2D eigenvalue weighted by Gasteiger charge is -2.60. The van der Waals surface area contributed by atoms with Crippen LogP contribution in [-0.4, -0.2) is 20.0 Å². The van der Waals surface area contributed by atoms with Crippen molar-refractivity contribution < 1.29 is 9.47 Å². The first-order valence-corrected chi connectivity index (χ1v) is 12.2. The number of ether oxygens (including phenoxy) is 2. The maximum absolute atomic E-state index is 6.08. The normalized spacial score (nSPS) is 42.9. The Kier molecular flexibility index (Phi) is 3.51. The molecule has 9 atom stereocenters. The summed E-state index contributed by atoms with van der Waals surface area (Å²) in [5.41, 5.74) is 3.01. The van der Waals surface area contributed by atoms with Crippen LogP contribution in [-0.2, 0) is 0 Å². The summed E-state index contributed by atoms with van der Waals surface area (Å²) in [6.45, 7) is 0. The lowest BCUT2D eigenvalue weighted by Crippen LogP contribution is -2.52. The van der Waals surface area contributed by atoms with Gasteiger partial charge in [-0.2, -0.15) is 12.6 Å². The highest BCUT2D eigenvalue weighted by Gasteiger charge is 2.69. The highest BCUT2D eigenvalue weighted by atomic mass is 32.1. The standard InChI is InChI=1S/C26H30O2S/c1-27-25-15-5-3-4-6-16(15)26(28-2)24-22-18-10-17(21(22)23(24)25)19-12-7-8-14(20(18)19)13(9-12)11-29/h3-6,12-14,17-22,29H,7-11H2,1-2H3/t12?,13-,14?,17?,18?,19?,20?,21?,22?/m0/s1. The molecule has 6 aliphatic carbocycles. The molecule has 0 aromatic heterocycles. The number of hydrogen-bond donors (Lipinski definition) is 1. The smallest absolute Gasteiger partial charge is 0.130 e. The third-order valence-corrected chi connectivity index (χ3v) is 10.4. The number of benzene rings is 2. The van der Waals surface area contributed by atoms with Gasteiger partial charge >= 0.3 is 0 Å². The van der Waals surface area contributed by atoms with E-state index < -0.39 is 0 Å². The van der Waals surface area contributed by atoms with Gasteiger partial charge in [-0.15, -0.1) is 0 Å². The summed E-state index contributed by atoms with van der Waals surface area (Å²) in [7, 11) is 3.72. The fraction of sp³-hybridized carbons (Fsp3) is 0.615. The fourth-order valence-corrected chi connectivity index (χ4v) is 9.79. The van der Waals surface area contributed by atoms with Crippen LogP contribution in [0.5, 0.6) is 11.5 Å². The Bertz CT molecular complexity index is 1020. The Balaban J connectivity index is 1.42. The molecule has 0 amide bonds. The first-order chi connectivity index (χ1) is 14.3. The van der Waals surface area contributed by atoms with Crippen molar-refractivity contribution in [1.29, 1.82) is 0 Å². The van der Waals surface area contributed by atoms with E-state index in [4.69, 9.17) is 22.1 Å². The van der Waals surface area contributed by atoms with E-state index in [0.29, 0.717) is 11.8 Å². The molecule has 6 aliphatic rings. The molecule has 152 valence electrons. The molecule has 29 heavy (non-hydrogen) atoms. The van der Waals surface area contributed by atoms with Crippen LogP contribution in [0.25, 0.3) is 10.8 Å². The van der Waals surface area contributed by atoms with Crippen molar-refractivity contribution in [2.75, 3.05) is 20.0 Å². The van der Waals surface area contributed by atoms with Crippen LogP contribution >= 0.6 is 12.6 Å². The summed E-state index contributed by atoms with van der Waals surface area (Å²) < 4.78 is 12.2. The molecule has 3 heteroatoms. The Morgan fingerprint density at radius 1 is 0.828 bits per heavy atom. The monoisotopic (exact) mass is 406 g/mol. The molecule has 4 bridgehead atoms. The van der Waals surface area contributed by atoms with E-state index in [1.54, 1.807) is 0 Å². The molecule has 0 N–H and O–H groups in total. The Morgan fingerprint density at radius 2 is 1.45 bits per heavy atom. The van der Waals surface area contributed by atoms with E-state index in [-0.39, 0.29) is 0 Å². The van der Waals surface area contributed by atoms with Crippen molar-refractivity contribution in [3.63, 3.8) is 0 Å². The molecule has 2 aromatic rings. The van der Waals surface area contributed by atoms with Gasteiger partial charge in [-0.3, -0.25) is 0 Å². The molecule has 0 heterocycles. The third kappa shape index (κ3) is 1.89. The molecular formula is C26H30O2S. The zero-order valence-corrected chi connectivity index (χ0v) is 18.2. The van der Waals surface area contributed by atoms with Crippen LogP contribution in [0.15, 0.2) is 24.3 Å². The molecule has 2 aromatic carbocycles. The second-order valence-electron chi connectivity index (χ2n) is 10.4. The largest absolute Gasteiger partial charge is 0.496 e. The van der Waals surface area contributed by atoms with Crippen molar-refractivity contribution in [3.05, 3.63) is 35.4 Å². The van der Waals surface area contributed by atoms with E-state index in [1.807, 2.05) is 14.2 Å². The van der Waals surface area contributed by atoms with Crippen molar-refractivity contribution in [1.82, 2.24) is 0 Å². The number of rotatable bonds is 3. The molecule has 0 aliphatic heterocycles. The summed E-state index contributed by atoms with van der Waals surface area (Å²) in [5.74, 6) is 11.2. The van der Waals surface area contributed by atoms with Crippen molar-refractivity contribution in [2.24, 2.45) is 41.4 Å². The lowest BCUT2D eigenvalue weighted by molar-refractivity contribution is -0.0616. The molecule has 5 fully saturated rings. The van der Waals surface area contributed by atoms with Crippen LogP contribution < -0.4 is 9.47 Å². The van der Waals surface area contributed by atoms with Crippen LogP contribution in [0, 0.1) is 41.4 Å². The molecule has 2 nitrogen and oxygen atoms in total. The molecular weight excluding hydrogens is 376 g/mol. The lowest BCUT2D eigenvalue weighted by atomic mass is 9.45. The van der Waals surface area contributed by atoms with Gasteiger partial charge < -0.3 is 9.47 Å². The Labute approximate surface area is 178 Å². The average molecular weight is 407 g/mol. The average Bonchev–Trinajstić information content (AvgIpc) is 3.30. The summed E-state index contributed by atoms with van der Waals surface area (Å²) in [6, 6.07) is 8.67. The topological polar surface area (TPSA) is 18.5 Å². The predicted octanol–water partition coefficient (Wildman–Crippen LogP) is 5.90. The first-order valence-electron chi connectivity index (χ1n) is 11.6. The van der Waals surface area contributed by atoms with Crippen LogP contribution in [0.3, 0.4) is 0 Å². The minimum Gasteiger partial charge on any atom is -0.496 e. The van der Waals surface area contributed by atoms with Gasteiger partial charge in [-0.05, 0) is 84.7 Å². The van der Waals surface area contributed by atoms with E-state index in [9.17, 15) is 0 Å². The van der Waals surface area contributed by atoms with Gasteiger partial charge in [-0.25, -0.2) is 0 Å². The van der Waals surface area contributed by atoms with E-state index >= 15 is 0 Å². The molecule has 0 spiro atoms.